The van der Waals surface area contributed by atoms with E-state index in [0.29, 0.717) is 29.4 Å². The number of amides is 1. The number of aryl methyl sites for hydroxylation is 1. The maximum atomic E-state index is 13.3. The second-order valence-electron chi connectivity index (χ2n) is 8.50. The third kappa shape index (κ3) is 4.97. The van der Waals surface area contributed by atoms with Gasteiger partial charge in [0.15, 0.2) is 11.5 Å². The molecule has 9 nitrogen and oxygen atoms in total. The predicted molar refractivity (Wildman–Crippen MR) is 136 cm³/mol. The van der Waals surface area contributed by atoms with Gasteiger partial charge in [-0.15, -0.1) is 0 Å². The minimum Gasteiger partial charge on any atom is -0.507 e. The van der Waals surface area contributed by atoms with Crippen molar-refractivity contribution in [3.63, 3.8) is 0 Å². The number of Topliss-reactive ketones (excluding diaryl/α,β-unsaturated/α-hetero) is 1. The van der Waals surface area contributed by atoms with Crippen LogP contribution in [0.25, 0.3) is 5.76 Å². The number of ether oxygens (including phenoxy) is 3. The number of ketones is 1. The van der Waals surface area contributed by atoms with Gasteiger partial charge in [-0.25, -0.2) is 0 Å². The van der Waals surface area contributed by atoms with Crippen LogP contribution in [-0.2, 0) is 9.59 Å². The lowest BCUT2D eigenvalue weighted by Gasteiger charge is -2.29. The highest BCUT2D eigenvalue weighted by atomic mass is 16.5. The summed E-state index contributed by atoms with van der Waals surface area (Å²) >= 11 is 0. The number of aliphatic hydroxyl groups is 1. The molecule has 0 saturated carbocycles. The fraction of sp³-hybridized carbons (Fsp3) is 0.407. The third-order valence-corrected chi connectivity index (χ3v) is 6.50. The van der Waals surface area contributed by atoms with Crippen LogP contribution in [-0.4, -0.2) is 79.2 Å². The molecular weight excluding hydrogens is 464 g/mol. The largest absolute Gasteiger partial charge is 0.507 e. The van der Waals surface area contributed by atoms with E-state index >= 15 is 0 Å². The van der Waals surface area contributed by atoms with Gasteiger partial charge in [-0.1, -0.05) is 25.5 Å². The van der Waals surface area contributed by atoms with Gasteiger partial charge >= 0.3 is 0 Å². The fourth-order valence-electron chi connectivity index (χ4n) is 4.49. The van der Waals surface area contributed by atoms with Crippen molar-refractivity contribution in [2.45, 2.75) is 26.8 Å². The van der Waals surface area contributed by atoms with E-state index in [9.17, 15) is 19.8 Å². The van der Waals surface area contributed by atoms with Crippen molar-refractivity contribution in [3.05, 3.63) is 52.6 Å². The van der Waals surface area contributed by atoms with E-state index in [2.05, 4.69) is 4.90 Å². The molecule has 1 aliphatic heterocycles. The lowest BCUT2D eigenvalue weighted by molar-refractivity contribution is -0.140. The van der Waals surface area contributed by atoms with Crippen LogP contribution in [0.15, 0.2) is 35.9 Å². The van der Waals surface area contributed by atoms with Gasteiger partial charge in [-0.3, -0.25) is 9.59 Å². The van der Waals surface area contributed by atoms with Gasteiger partial charge in [-0.05, 0) is 49.8 Å². The molecule has 2 aromatic carbocycles. The number of likely N-dealkylation sites (N-methyl/N-ethyl adjacent to an activating group) is 1. The number of hydrogen-bond donors (Lipinski definition) is 2. The van der Waals surface area contributed by atoms with Crippen LogP contribution < -0.4 is 14.2 Å². The van der Waals surface area contributed by atoms with E-state index in [1.54, 1.807) is 31.2 Å². The molecule has 0 radical (unpaired) electrons. The monoisotopic (exact) mass is 498 g/mol. The van der Waals surface area contributed by atoms with Crippen molar-refractivity contribution >= 4 is 17.4 Å². The average molecular weight is 499 g/mol. The van der Waals surface area contributed by atoms with E-state index < -0.39 is 23.5 Å². The quantitative estimate of drug-likeness (QED) is 0.291. The van der Waals surface area contributed by atoms with Crippen LogP contribution in [0.1, 0.15) is 36.6 Å². The van der Waals surface area contributed by atoms with Crippen LogP contribution in [0.2, 0.25) is 0 Å². The first-order valence-electron chi connectivity index (χ1n) is 11.8. The Morgan fingerprint density at radius 3 is 2.14 bits per heavy atom. The zero-order chi connectivity index (χ0) is 26.6. The molecule has 9 heteroatoms. The number of carbonyl (C=O) groups is 2. The molecule has 1 atom stereocenters. The lowest BCUT2D eigenvalue weighted by Crippen LogP contribution is -2.38. The Morgan fingerprint density at radius 1 is 1.00 bits per heavy atom. The fourth-order valence-corrected chi connectivity index (χ4v) is 4.49. The smallest absolute Gasteiger partial charge is 0.295 e. The Balaban J connectivity index is 2.26. The summed E-state index contributed by atoms with van der Waals surface area (Å²) in [6.45, 7) is 8.21. The number of hydrogen-bond acceptors (Lipinski definition) is 8. The normalized spacial score (nSPS) is 17.1. The molecule has 1 aliphatic rings. The standard InChI is InChI=1S/C27H34N2O7/c1-7-28(8-2)11-12-29-23(17-14-20(34-4)26(36-6)21(15-17)35-5)22(25(32)27(29)33)24(31)18-13-16(3)9-10-19(18)30/h9-10,13-15,23,30-31H,7-8,11-12H2,1-6H3/b24-22-. The molecule has 3 rings (SSSR count). The molecular formula is C27H34N2O7. The van der Waals surface area contributed by atoms with E-state index in [1.165, 1.54) is 32.3 Å². The van der Waals surface area contributed by atoms with Crippen molar-refractivity contribution in [2.75, 3.05) is 47.5 Å². The molecule has 2 aromatic rings. The summed E-state index contributed by atoms with van der Waals surface area (Å²) in [5, 5.41) is 21.8. The third-order valence-electron chi connectivity index (χ3n) is 6.50. The summed E-state index contributed by atoms with van der Waals surface area (Å²) in [6.07, 6.45) is 0. The molecule has 0 aliphatic carbocycles. The summed E-state index contributed by atoms with van der Waals surface area (Å²) in [5.74, 6) is -1.14. The highest BCUT2D eigenvalue weighted by molar-refractivity contribution is 6.46. The number of likely N-dealkylation sites (tertiary alicyclic amines) is 1. The summed E-state index contributed by atoms with van der Waals surface area (Å²) in [7, 11) is 4.43. The van der Waals surface area contributed by atoms with Crippen LogP contribution in [0.4, 0.5) is 0 Å². The van der Waals surface area contributed by atoms with E-state index in [1.807, 2.05) is 13.8 Å². The van der Waals surface area contributed by atoms with Gasteiger partial charge in [0.25, 0.3) is 11.7 Å². The topological polar surface area (TPSA) is 109 Å². The summed E-state index contributed by atoms with van der Waals surface area (Å²) < 4.78 is 16.4. The number of phenols is 1. The second kappa shape index (κ2) is 11.3. The van der Waals surface area contributed by atoms with Gasteiger partial charge in [0, 0.05) is 13.1 Å². The van der Waals surface area contributed by atoms with Crippen LogP contribution in [0.5, 0.6) is 23.0 Å². The van der Waals surface area contributed by atoms with E-state index in [4.69, 9.17) is 14.2 Å². The SMILES string of the molecule is CCN(CC)CCN1C(=O)C(=O)/C(=C(\O)c2cc(C)ccc2O)C1c1cc(OC)c(OC)c(OC)c1. The second-order valence-corrected chi connectivity index (χ2v) is 8.50. The highest BCUT2D eigenvalue weighted by Gasteiger charge is 2.46. The number of aliphatic hydroxyl groups excluding tert-OH is 1. The van der Waals surface area contributed by atoms with Crippen molar-refractivity contribution in [3.8, 4) is 23.0 Å². The number of rotatable bonds is 10. The first kappa shape index (κ1) is 26.9. The highest BCUT2D eigenvalue weighted by Crippen LogP contribution is 2.46. The van der Waals surface area contributed by atoms with Crippen LogP contribution in [0, 0.1) is 6.92 Å². The predicted octanol–water partition coefficient (Wildman–Crippen LogP) is 3.49. The lowest BCUT2D eigenvalue weighted by atomic mass is 9.94. The Labute approximate surface area is 211 Å². The Bertz CT molecular complexity index is 1150. The zero-order valence-electron chi connectivity index (χ0n) is 21.6. The van der Waals surface area contributed by atoms with Crippen molar-refractivity contribution in [2.24, 2.45) is 0 Å². The van der Waals surface area contributed by atoms with Gasteiger partial charge in [0.2, 0.25) is 5.75 Å². The Morgan fingerprint density at radius 2 is 1.61 bits per heavy atom. The maximum absolute atomic E-state index is 13.3. The average Bonchev–Trinajstić information content (AvgIpc) is 3.14. The number of nitrogens with zero attached hydrogens (tertiary/aromatic N) is 2. The van der Waals surface area contributed by atoms with E-state index in [0.717, 1.165) is 18.7 Å². The van der Waals surface area contributed by atoms with Gasteiger partial charge < -0.3 is 34.2 Å². The molecule has 1 unspecified atom stereocenters. The first-order chi connectivity index (χ1) is 17.2. The van der Waals surface area contributed by atoms with E-state index in [-0.39, 0.29) is 23.4 Å². The first-order valence-corrected chi connectivity index (χ1v) is 11.8. The van der Waals surface area contributed by atoms with Crippen LogP contribution >= 0.6 is 0 Å². The number of benzene rings is 2. The zero-order valence-corrected chi connectivity index (χ0v) is 21.6. The minimum atomic E-state index is -0.936. The minimum absolute atomic E-state index is 0.0779. The molecule has 1 saturated heterocycles. The Hall–Kier alpha value is -3.72. The molecule has 36 heavy (non-hydrogen) atoms. The molecule has 0 aromatic heterocycles. The number of aromatic hydroxyl groups is 1. The number of carbonyl (C=O) groups excluding carboxylic acids is 2. The number of phenolic OH excluding ortho intramolecular Hbond substituents is 1. The Kier molecular flexibility index (Phi) is 8.47. The molecule has 1 heterocycles. The van der Waals surface area contributed by atoms with Gasteiger partial charge in [0.1, 0.15) is 11.5 Å². The van der Waals surface area contributed by atoms with Crippen LogP contribution in [0.3, 0.4) is 0 Å². The summed E-state index contributed by atoms with van der Waals surface area (Å²) in [4.78, 5) is 30.2. The molecule has 0 spiro atoms. The van der Waals surface area contributed by atoms with Gasteiger partial charge in [0.05, 0.1) is 38.5 Å². The summed E-state index contributed by atoms with van der Waals surface area (Å²) in [6, 6.07) is 7.08. The number of methoxy groups -OCH3 is 3. The molecule has 0 bridgehead atoms. The van der Waals surface area contributed by atoms with Crippen molar-refractivity contribution in [1.82, 2.24) is 9.80 Å². The maximum Gasteiger partial charge on any atom is 0.295 e. The molecule has 1 amide bonds. The van der Waals surface area contributed by atoms with Crippen molar-refractivity contribution in [1.29, 1.82) is 0 Å². The van der Waals surface area contributed by atoms with Gasteiger partial charge in [-0.2, -0.15) is 0 Å². The molecule has 1 fully saturated rings. The summed E-state index contributed by atoms with van der Waals surface area (Å²) in [5.41, 5.74) is 1.23. The molecule has 194 valence electrons. The van der Waals surface area contributed by atoms with Crippen molar-refractivity contribution < 1.29 is 34.0 Å². The molecule has 2 N–H and O–H groups in total.